The standard InChI is InChI=1S/C20H20BrNO5/c1-25-17-9-7-14(13-18(17)26-2)8-10-19(23)22-16-6-4-3-5-15(16)20(24)27-12-11-21/h3-10,13H,11-12H2,1-2H3,(H,22,23)/b10-8+. The summed E-state index contributed by atoms with van der Waals surface area (Å²) in [6.07, 6.45) is 3.02. The number of rotatable bonds is 8. The number of anilines is 1. The van der Waals surface area contributed by atoms with Crippen LogP contribution in [0.3, 0.4) is 0 Å². The number of halogens is 1. The van der Waals surface area contributed by atoms with Crippen LogP contribution >= 0.6 is 15.9 Å². The first-order valence-electron chi connectivity index (χ1n) is 8.12. The van der Waals surface area contributed by atoms with Crippen LogP contribution in [0.25, 0.3) is 6.08 Å². The normalized spacial score (nSPS) is 10.5. The molecule has 0 saturated carbocycles. The zero-order valence-corrected chi connectivity index (χ0v) is 16.6. The summed E-state index contributed by atoms with van der Waals surface area (Å²) in [5.41, 5.74) is 1.46. The van der Waals surface area contributed by atoms with Gasteiger partial charge in [0.1, 0.15) is 6.61 Å². The van der Waals surface area contributed by atoms with Crippen molar-refractivity contribution in [1.82, 2.24) is 0 Å². The van der Waals surface area contributed by atoms with E-state index in [1.165, 1.54) is 6.08 Å². The first-order chi connectivity index (χ1) is 13.1. The molecule has 142 valence electrons. The molecular weight excluding hydrogens is 414 g/mol. The van der Waals surface area contributed by atoms with Gasteiger partial charge in [-0.2, -0.15) is 0 Å². The monoisotopic (exact) mass is 433 g/mol. The molecule has 2 rings (SSSR count). The number of benzene rings is 2. The predicted octanol–water partition coefficient (Wildman–Crippen LogP) is 3.91. The molecule has 7 heteroatoms. The highest BCUT2D eigenvalue weighted by Gasteiger charge is 2.13. The molecule has 6 nitrogen and oxygen atoms in total. The van der Waals surface area contributed by atoms with Gasteiger partial charge in [0.2, 0.25) is 5.91 Å². The zero-order chi connectivity index (χ0) is 19.6. The van der Waals surface area contributed by atoms with E-state index in [0.717, 1.165) is 5.56 Å². The molecule has 0 bridgehead atoms. The minimum Gasteiger partial charge on any atom is -0.493 e. The van der Waals surface area contributed by atoms with Crippen LogP contribution in [-0.2, 0) is 9.53 Å². The van der Waals surface area contributed by atoms with E-state index in [9.17, 15) is 9.59 Å². The summed E-state index contributed by atoms with van der Waals surface area (Å²) in [4.78, 5) is 24.3. The topological polar surface area (TPSA) is 73.9 Å². The van der Waals surface area contributed by atoms with Crippen LogP contribution in [-0.4, -0.2) is 38.0 Å². The van der Waals surface area contributed by atoms with E-state index < -0.39 is 5.97 Å². The summed E-state index contributed by atoms with van der Waals surface area (Å²) in [6.45, 7) is 0.250. The molecule has 0 heterocycles. The number of hydrogen-bond acceptors (Lipinski definition) is 5. The fourth-order valence-corrected chi connectivity index (χ4v) is 2.44. The number of hydrogen-bond donors (Lipinski definition) is 1. The maximum absolute atomic E-state index is 12.2. The Bertz CT molecular complexity index is 835. The molecule has 0 atom stereocenters. The number of carbonyl (C=O) groups excluding carboxylic acids is 2. The van der Waals surface area contributed by atoms with Crippen LogP contribution in [0, 0.1) is 0 Å². The Labute approximate surface area is 166 Å². The summed E-state index contributed by atoms with van der Waals surface area (Å²) in [5, 5.41) is 3.24. The number of methoxy groups -OCH3 is 2. The minimum absolute atomic E-state index is 0.250. The third-order valence-electron chi connectivity index (χ3n) is 3.55. The highest BCUT2D eigenvalue weighted by Crippen LogP contribution is 2.28. The highest BCUT2D eigenvalue weighted by molar-refractivity contribution is 9.09. The van der Waals surface area contributed by atoms with Crippen molar-refractivity contribution in [1.29, 1.82) is 0 Å². The summed E-state index contributed by atoms with van der Waals surface area (Å²) < 4.78 is 15.5. The molecule has 0 radical (unpaired) electrons. The Morgan fingerprint density at radius 2 is 1.81 bits per heavy atom. The SMILES string of the molecule is COc1ccc(/C=C/C(=O)Nc2ccccc2C(=O)OCCBr)cc1OC. The van der Waals surface area contributed by atoms with Gasteiger partial charge in [0.15, 0.2) is 11.5 Å². The number of esters is 1. The molecule has 0 fully saturated rings. The van der Waals surface area contributed by atoms with Crippen LogP contribution in [0.5, 0.6) is 11.5 Å². The van der Waals surface area contributed by atoms with Gasteiger partial charge in [-0.15, -0.1) is 0 Å². The molecular formula is C20H20BrNO5. The van der Waals surface area contributed by atoms with Crippen molar-refractivity contribution in [2.24, 2.45) is 0 Å². The second kappa shape index (κ2) is 10.4. The van der Waals surface area contributed by atoms with Crippen molar-refractivity contribution < 1.29 is 23.8 Å². The van der Waals surface area contributed by atoms with Gasteiger partial charge in [0, 0.05) is 11.4 Å². The maximum atomic E-state index is 12.2. The lowest BCUT2D eigenvalue weighted by Gasteiger charge is -2.09. The van der Waals surface area contributed by atoms with Crippen LogP contribution < -0.4 is 14.8 Å². The van der Waals surface area contributed by atoms with Gasteiger partial charge in [-0.3, -0.25) is 4.79 Å². The average molecular weight is 434 g/mol. The molecule has 1 amide bonds. The maximum Gasteiger partial charge on any atom is 0.340 e. The lowest BCUT2D eigenvalue weighted by Crippen LogP contribution is -2.14. The fourth-order valence-electron chi connectivity index (χ4n) is 2.28. The quantitative estimate of drug-likeness (QED) is 0.388. The van der Waals surface area contributed by atoms with Gasteiger partial charge in [-0.1, -0.05) is 34.1 Å². The molecule has 27 heavy (non-hydrogen) atoms. The molecule has 2 aromatic rings. The third kappa shape index (κ3) is 5.86. The molecule has 1 N–H and O–H groups in total. The summed E-state index contributed by atoms with van der Waals surface area (Å²) in [5.74, 6) is 0.315. The molecule has 0 spiro atoms. The Hall–Kier alpha value is -2.80. The van der Waals surface area contributed by atoms with Gasteiger partial charge in [0.05, 0.1) is 25.5 Å². The molecule has 0 aliphatic carbocycles. The lowest BCUT2D eigenvalue weighted by atomic mass is 10.1. The Kier molecular flexibility index (Phi) is 7.88. The Balaban J connectivity index is 2.10. The second-order valence-corrected chi connectivity index (χ2v) is 6.10. The number of carbonyl (C=O) groups is 2. The van der Waals surface area contributed by atoms with Gasteiger partial charge in [0.25, 0.3) is 0 Å². The first kappa shape index (κ1) is 20.5. The number of alkyl halides is 1. The molecule has 0 saturated heterocycles. The van der Waals surface area contributed by atoms with E-state index in [1.807, 2.05) is 0 Å². The van der Waals surface area contributed by atoms with E-state index in [1.54, 1.807) is 62.8 Å². The van der Waals surface area contributed by atoms with Gasteiger partial charge in [-0.05, 0) is 35.9 Å². The van der Waals surface area contributed by atoms with Crippen molar-refractivity contribution in [3.8, 4) is 11.5 Å². The van der Waals surface area contributed by atoms with Crippen molar-refractivity contribution in [2.45, 2.75) is 0 Å². The van der Waals surface area contributed by atoms with E-state index in [-0.39, 0.29) is 12.5 Å². The molecule has 0 aliphatic rings. The number of para-hydroxylation sites is 1. The number of nitrogens with one attached hydrogen (secondary N) is 1. The highest BCUT2D eigenvalue weighted by atomic mass is 79.9. The zero-order valence-electron chi connectivity index (χ0n) is 15.0. The summed E-state index contributed by atoms with van der Waals surface area (Å²) >= 11 is 3.20. The summed E-state index contributed by atoms with van der Waals surface area (Å²) in [7, 11) is 3.10. The van der Waals surface area contributed by atoms with E-state index in [4.69, 9.17) is 14.2 Å². The second-order valence-electron chi connectivity index (χ2n) is 5.31. The van der Waals surface area contributed by atoms with Crippen LogP contribution in [0.4, 0.5) is 5.69 Å². The number of amides is 1. The van der Waals surface area contributed by atoms with Crippen LogP contribution in [0.1, 0.15) is 15.9 Å². The molecule has 0 unspecified atom stereocenters. The smallest absolute Gasteiger partial charge is 0.340 e. The number of ether oxygens (including phenoxy) is 3. The largest absolute Gasteiger partial charge is 0.493 e. The van der Waals surface area contributed by atoms with E-state index in [0.29, 0.717) is 28.1 Å². The Morgan fingerprint density at radius 1 is 1.07 bits per heavy atom. The van der Waals surface area contributed by atoms with E-state index >= 15 is 0 Å². The molecule has 0 aromatic heterocycles. The minimum atomic E-state index is -0.491. The average Bonchev–Trinajstić information content (AvgIpc) is 2.70. The van der Waals surface area contributed by atoms with Crippen molar-refractivity contribution in [2.75, 3.05) is 31.5 Å². The first-order valence-corrected chi connectivity index (χ1v) is 9.24. The van der Waals surface area contributed by atoms with Gasteiger partial charge in [-0.25, -0.2) is 4.79 Å². The van der Waals surface area contributed by atoms with Crippen LogP contribution in [0.2, 0.25) is 0 Å². The van der Waals surface area contributed by atoms with Crippen molar-refractivity contribution in [3.63, 3.8) is 0 Å². The summed E-state index contributed by atoms with van der Waals surface area (Å²) in [6, 6.07) is 12.0. The van der Waals surface area contributed by atoms with Crippen LogP contribution in [0.15, 0.2) is 48.5 Å². The third-order valence-corrected chi connectivity index (χ3v) is 3.87. The van der Waals surface area contributed by atoms with E-state index in [2.05, 4.69) is 21.2 Å². The van der Waals surface area contributed by atoms with Crippen molar-refractivity contribution in [3.05, 3.63) is 59.7 Å². The van der Waals surface area contributed by atoms with Crippen molar-refractivity contribution >= 4 is 39.6 Å². The van der Waals surface area contributed by atoms with Gasteiger partial charge < -0.3 is 19.5 Å². The fraction of sp³-hybridized carbons (Fsp3) is 0.200. The molecule has 2 aromatic carbocycles. The lowest BCUT2D eigenvalue weighted by molar-refractivity contribution is -0.111. The van der Waals surface area contributed by atoms with Gasteiger partial charge >= 0.3 is 5.97 Å². The predicted molar refractivity (Wildman–Crippen MR) is 108 cm³/mol. The Morgan fingerprint density at radius 3 is 2.52 bits per heavy atom. The molecule has 0 aliphatic heterocycles.